The third-order valence-corrected chi connectivity index (χ3v) is 5.47. The van der Waals surface area contributed by atoms with Crippen molar-refractivity contribution in [2.24, 2.45) is 7.05 Å². The zero-order valence-corrected chi connectivity index (χ0v) is 17.2. The Kier molecular flexibility index (Phi) is 6.71. The lowest BCUT2D eigenvalue weighted by atomic mass is 10.1. The van der Waals surface area contributed by atoms with E-state index in [9.17, 15) is 4.79 Å². The monoisotopic (exact) mass is 395 g/mol. The Morgan fingerprint density at radius 2 is 1.86 bits per heavy atom. The van der Waals surface area contributed by atoms with Gasteiger partial charge in [0.05, 0.1) is 0 Å². The fraction of sp³-hybridized carbons (Fsp3) is 0.286. The van der Waals surface area contributed by atoms with Gasteiger partial charge in [0.25, 0.3) is 5.91 Å². The molecule has 3 rings (SSSR count). The minimum Gasteiger partial charge on any atom is -0.375 e. The molecule has 1 heterocycles. The number of unbranched alkanes of at least 4 members (excludes halogenated alkanes) is 1. The number of hydrogen-bond acceptors (Lipinski definition) is 5. The average molecular weight is 396 g/mol. The molecule has 146 valence electrons. The molecule has 7 heteroatoms. The quantitative estimate of drug-likeness (QED) is 0.610. The number of aromatic nitrogens is 3. The minimum absolute atomic E-state index is 0.114. The molecule has 1 aromatic heterocycles. The average Bonchev–Trinajstić information content (AvgIpc) is 3.12. The summed E-state index contributed by atoms with van der Waals surface area (Å²) in [6.45, 7) is 3.20. The largest absolute Gasteiger partial charge is 0.375 e. The third-order valence-electron chi connectivity index (χ3n) is 4.41. The minimum atomic E-state index is -0.114. The second-order valence-corrected chi connectivity index (χ2v) is 7.67. The first-order valence-corrected chi connectivity index (χ1v) is 10.1. The van der Waals surface area contributed by atoms with Gasteiger partial charge >= 0.3 is 0 Å². The van der Waals surface area contributed by atoms with Gasteiger partial charge in [-0.1, -0.05) is 13.3 Å². The van der Waals surface area contributed by atoms with Gasteiger partial charge in [-0.15, -0.1) is 10.2 Å². The molecular formula is C21H25N5OS. The van der Waals surface area contributed by atoms with E-state index in [-0.39, 0.29) is 5.91 Å². The van der Waals surface area contributed by atoms with Crippen LogP contribution < -0.4 is 10.2 Å². The van der Waals surface area contributed by atoms with Gasteiger partial charge in [-0.25, -0.2) is 0 Å². The number of nitrogens with zero attached hydrogens (tertiary/aromatic N) is 4. The van der Waals surface area contributed by atoms with Crippen molar-refractivity contribution in [2.45, 2.75) is 29.8 Å². The molecule has 28 heavy (non-hydrogen) atoms. The van der Waals surface area contributed by atoms with Crippen molar-refractivity contribution in [3.63, 3.8) is 0 Å². The van der Waals surface area contributed by atoms with Gasteiger partial charge in [-0.2, -0.15) is 0 Å². The Morgan fingerprint density at radius 1 is 1.14 bits per heavy atom. The van der Waals surface area contributed by atoms with Crippen LogP contribution in [0, 0.1) is 0 Å². The number of nitrogens with one attached hydrogen (secondary N) is 1. The summed E-state index contributed by atoms with van der Waals surface area (Å²) in [5, 5.41) is 11.7. The van der Waals surface area contributed by atoms with E-state index in [1.165, 1.54) is 18.2 Å². The zero-order chi connectivity index (χ0) is 19.9. The van der Waals surface area contributed by atoms with Crippen LogP contribution in [-0.4, -0.2) is 34.3 Å². The summed E-state index contributed by atoms with van der Waals surface area (Å²) in [5.41, 5.74) is 2.52. The summed E-state index contributed by atoms with van der Waals surface area (Å²) in [7, 11) is 3.98. The Morgan fingerprint density at radius 3 is 2.46 bits per heavy atom. The van der Waals surface area contributed by atoms with Gasteiger partial charge in [0.2, 0.25) is 0 Å². The summed E-state index contributed by atoms with van der Waals surface area (Å²) in [6, 6.07) is 15.4. The van der Waals surface area contributed by atoms with Crippen LogP contribution in [0.5, 0.6) is 0 Å². The number of aryl methyl sites for hydroxylation is 1. The van der Waals surface area contributed by atoms with E-state index in [2.05, 4.69) is 34.4 Å². The van der Waals surface area contributed by atoms with E-state index in [1.807, 2.05) is 60.1 Å². The molecule has 0 atom stereocenters. The molecule has 0 saturated carbocycles. The first-order valence-electron chi connectivity index (χ1n) is 9.31. The predicted octanol–water partition coefficient (Wildman–Crippen LogP) is 4.45. The lowest BCUT2D eigenvalue weighted by Crippen LogP contribution is -2.18. The standard InChI is InChI=1S/C21H25N5OS/c1-4-5-14-25(2)18-10-6-16(7-11-18)20(27)23-17-8-12-19(13-9-17)28-21-24-22-15-26(21)3/h6-13,15H,4-5,14H2,1-3H3,(H,23,27). The molecule has 0 radical (unpaired) electrons. The molecule has 0 bridgehead atoms. The lowest BCUT2D eigenvalue weighted by molar-refractivity contribution is 0.102. The number of benzene rings is 2. The van der Waals surface area contributed by atoms with Crippen molar-refractivity contribution >= 4 is 29.0 Å². The number of carbonyl (C=O) groups is 1. The van der Waals surface area contributed by atoms with Gasteiger partial charge < -0.3 is 14.8 Å². The van der Waals surface area contributed by atoms with Gasteiger partial charge in [-0.3, -0.25) is 4.79 Å². The fourth-order valence-electron chi connectivity index (χ4n) is 2.67. The van der Waals surface area contributed by atoms with Crippen LogP contribution in [0.4, 0.5) is 11.4 Å². The highest BCUT2D eigenvalue weighted by molar-refractivity contribution is 7.99. The van der Waals surface area contributed by atoms with Crippen molar-refractivity contribution in [3.8, 4) is 0 Å². The van der Waals surface area contributed by atoms with E-state index >= 15 is 0 Å². The number of hydrogen-bond donors (Lipinski definition) is 1. The molecule has 0 fully saturated rings. The van der Waals surface area contributed by atoms with Crippen molar-refractivity contribution in [1.29, 1.82) is 0 Å². The molecule has 0 saturated heterocycles. The molecule has 0 unspecified atom stereocenters. The summed E-state index contributed by atoms with van der Waals surface area (Å²) < 4.78 is 1.86. The van der Waals surface area contributed by atoms with Crippen LogP contribution in [0.3, 0.4) is 0 Å². The van der Waals surface area contributed by atoms with Crippen LogP contribution in [0.2, 0.25) is 0 Å². The van der Waals surface area contributed by atoms with Crippen LogP contribution in [0.25, 0.3) is 0 Å². The third kappa shape index (κ3) is 5.13. The SMILES string of the molecule is CCCCN(C)c1ccc(C(=O)Nc2ccc(Sc3nncn3C)cc2)cc1. The molecular weight excluding hydrogens is 370 g/mol. The van der Waals surface area contributed by atoms with Gasteiger partial charge in [0.15, 0.2) is 5.16 Å². The smallest absolute Gasteiger partial charge is 0.255 e. The second-order valence-electron chi connectivity index (χ2n) is 6.63. The highest BCUT2D eigenvalue weighted by atomic mass is 32.2. The topological polar surface area (TPSA) is 63.1 Å². The van der Waals surface area contributed by atoms with Crippen LogP contribution in [-0.2, 0) is 7.05 Å². The normalized spacial score (nSPS) is 10.7. The van der Waals surface area contributed by atoms with Crippen LogP contribution >= 0.6 is 11.8 Å². The van der Waals surface area contributed by atoms with Crippen LogP contribution in [0.1, 0.15) is 30.1 Å². The first-order chi connectivity index (χ1) is 13.6. The predicted molar refractivity (Wildman–Crippen MR) is 114 cm³/mol. The molecule has 0 spiro atoms. The van der Waals surface area contributed by atoms with E-state index in [1.54, 1.807) is 6.33 Å². The van der Waals surface area contributed by atoms with Gasteiger partial charge in [-0.05, 0) is 66.7 Å². The summed E-state index contributed by atoms with van der Waals surface area (Å²) in [4.78, 5) is 15.7. The van der Waals surface area contributed by atoms with E-state index in [0.29, 0.717) is 5.56 Å². The van der Waals surface area contributed by atoms with Crippen LogP contribution in [0.15, 0.2) is 64.9 Å². The maximum atomic E-state index is 12.5. The number of rotatable bonds is 8. The van der Waals surface area contributed by atoms with Gasteiger partial charge in [0.1, 0.15) is 6.33 Å². The number of anilines is 2. The number of carbonyl (C=O) groups excluding carboxylic acids is 1. The molecule has 0 aliphatic heterocycles. The molecule has 0 aliphatic rings. The van der Waals surface area contributed by atoms with E-state index in [4.69, 9.17) is 0 Å². The molecule has 6 nitrogen and oxygen atoms in total. The maximum Gasteiger partial charge on any atom is 0.255 e. The molecule has 3 aromatic rings. The number of amides is 1. The molecule has 1 amide bonds. The van der Waals surface area contributed by atoms with Crippen molar-refractivity contribution < 1.29 is 4.79 Å². The highest BCUT2D eigenvalue weighted by Gasteiger charge is 2.08. The van der Waals surface area contributed by atoms with E-state index < -0.39 is 0 Å². The van der Waals surface area contributed by atoms with Crippen molar-refractivity contribution in [1.82, 2.24) is 14.8 Å². The Balaban J connectivity index is 1.59. The van der Waals surface area contributed by atoms with Gasteiger partial charge in [0, 0.05) is 42.5 Å². The fourth-order valence-corrected chi connectivity index (χ4v) is 3.43. The molecule has 2 aromatic carbocycles. The maximum absolute atomic E-state index is 12.5. The molecule has 1 N–H and O–H groups in total. The Bertz CT molecular complexity index is 905. The highest BCUT2D eigenvalue weighted by Crippen LogP contribution is 2.26. The second kappa shape index (κ2) is 9.41. The summed E-state index contributed by atoms with van der Waals surface area (Å²) in [6.07, 6.45) is 3.99. The first kappa shape index (κ1) is 19.9. The Hall–Kier alpha value is -2.80. The molecule has 0 aliphatic carbocycles. The van der Waals surface area contributed by atoms with Crippen molar-refractivity contribution in [2.75, 3.05) is 23.8 Å². The Labute approximate surface area is 170 Å². The summed E-state index contributed by atoms with van der Waals surface area (Å²) in [5.74, 6) is -0.114. The lowest BCUT2D eigenvalue weighted by Gasteiger charge is -2.19. The summed E-state index contributed by atoms with van der Waals surface area (Å²) >= 11 is 1.53. The van der Waals surface area contributed by atoms with E-state index in [0.717, 1.165) is 34.4 Å². The van der Waals surface area contributed by atoms with Crippen molar-refractivity contribution in [3.05, 3.63) is 60.4 Å². The zero-order valence-electron chi connectivity index (χ0n) is 16.4.